The highest BCUT2D eigenvalue weighted by molar-refractivity contribution is 5.78. The fourth-order valence-electron chi connectivity index (χ4n) is 2.52. The van der Waals surface area contributed by atoms with Gasteiger partial charge in [0.1, 0.15) is 11.3 Å². The molecular weight excluding hydrogens is 250 g/mol. The molecule has 1 unspecified atom stereocenters. The van der Waals surface area contributed by atoms with E-state index in [-0.39, 0.29) is 6.04 Å². The minimum absolute atomic E-state index is 0.172. The SMILES string of the molecule is CCNC(Cc1ccoc1)c1cc2cc(C)ccc2o1. The summed E-state index contributed by atoms with van der Waals surface area (Å²) >= 11 is 0. The van der Waals surface area contributed by atoms with Crippen molar-refractivity contribution in [3.63, 3.8) is 0 Å². The summed E-state index contributed by atoms with van der Waals surface area (Å²) in [6.45, 7) is 5.10. The quantitative estimate of drug-likeness (QED) is 0.753. The van der Waals surface area contributed by atoms with E-state index in [2.05, 4.69) is 37.4 Å². The van der Waals surface area contributed by atoms with Crippen LogP contribution in [0.5, 0.6) is 0 Å². The van der Waals surface area contributed by atoms with Gasteiger partial charge in [-0.3, -0.25) is 0 Å². The first-order valence-corrected chi connectivity index (χ1v) is 7.01. The van der Waals surface area contributed by atoms with Crippen molar-refractivity contribution in [2.24, 2.45) is 0 Å². The van der Waals surface area contributed by atoms with Gasteiger partial charge in [-0.15, -0.1) is 0 Å². The molecule has 3 rings (SSSR count). The summed E-state index contributed by atoms with van der Waals surface area (Å²) in [5.41, 5.74) is 3.37. The second-order valence-corrected chi connectivity index (χ2v) is 5.14. The van der Waals surface area contributed by atoms with E-state index >= 15 is 0 Å². The van der Waals surface area contributed by atoms with Gasteiger partial charge in [0.2, 0.25) is 0 Å². The normalized spacial score (nSPS) is 12.9. The summed E-state index contributed by atoms with van der Waals surface area (Å²) in [6.07, 6.45) is 4.36. The van der Waals surface area contributed by atoms with Gasteiger partial charge in [-0.1, -0.05) is 18.6 Å². The third-order valence-electron chi connectivity index (χ3n) is 3.50. The molecule has 0 amide bonds. The van der Waals surface area contributed by atoms with Gasteiger partial charge < -0.3 is 14.2 Å². The molecule has 0 fully saturated rings. The molecule has 0 radical (unpaired) electrons. The number of furan rings is 2. The van der Waals surface area contributed by atoms with Crippen LogP contribution in [0.25, 0.3) is 11.0 Å². The van der Waals surface area contributed by atoms with Gasteiger partial charge in [-0.2, -0.15) is 0 Å². The zero-order chi connectivity index (χ0) is 13.9. The molecule has 0 saturated heterocycles. The van der Waals surface area contributed by atoms with Gasteiger partial charge in [0.05, 0.1) is 18.6 Å². The average molecular weight is 269 g/mol. The van der Waals surface area contributed by atoms with Crippen LogP contribution in [-0.4, -0.2) is 6.54 Å². The van der Waals surface area contributed by atoms with Crippen LogP contribution in [0.4, 0.5) is 0 Å². The minimum Gasteiger partial charge on any atom is -0.472 e. The number of hydrogen-bond acceptors (Lipinski definition) is 3. The molecule has 3 heteroatoms. The number of fused-ring (bicyclic) bond motifs is 1. The van der Waals surface area contributed by atoms with Gasteiger partial charge in [-0.25, -0.2) is 0 Å². The molecule has 1 atom stereocenters. The van der Waals surface area contributed by atoms with Crippen LogP contribution in [0.3, 0.4) is 0 Å². The number of likely N-dealkylation sites (N-methyl/N-ethyl adjacent to an activating group) is 1. The van der Waals surface area contributed by atoms with Crippen LogP contribution in [-0.2, 0) is 6.42 Å². The summed E-state index contributed by atoms with van der Waals surface area (Å²) in [5, 5.41) is 4.64. The minimum atomic E-state index is 0.172. The number of nitrogens with one attached hydrogen (secondary N) is 1. The maximum absolute atomic E-state index is 5.99. The molecule has 0 aliphatic carbocycles. The van der Waals surface area contributed by atoms with Crippen molar-refractivity contribution in [1.82, 2.24) is 5.32 Å². The lowest BCUT2D eigenvalue weighted by Gasteiger charge is -2.14. The van der Waals surface area contributed by atoms with Crippen molar-refractivity contribution >= 4 is 11.0 Å². The molecule has 2 heterocycles. The molecule has 1 N–H and O–H groups in total. The Hall–Kier alpha value is -2.00. The summed E-state index contributed by atoms with van der Waals surface area (Å²) in [6, 6.07) is 10.6. The van der Waals surface area contributed by atoms with E-state index in [1.807, 2.05) is 12.1 Å². The van der Waals surface area contributed by atoms with Crippen LogP contribution >= 0.6 is 0 Å². The van der Waals surface area contributed by atoms with Crippen molar-refractivity contribution in [2.75, 3.05) is 6.54 Å². The maximum Gasteiger partial charge on any atom is 0.134 e. The van der Waals surface area contributed by atoms with Gasteiger partial charge in [0, 0.05) is 5.39 Å². The van der Waals surface area contributed by atoms with Crippen molar-refractivity contribution in [2.45, 2.75) is 26.3 Å². The van der Waals surface area contributed by atoms with Gasteiger partial charge in [0.25, 0.3) is 0 Å². The summed E-state index contributed by atoms with van der Waals surface area (Å²) in [5.74, 6) is 0.980. The number of rotatable bonds is 5. The molecule has 0 spiro atoms. The zero-order valence-corrected chi connectivity index (χ0v) is 11.8. The fourth-order valence-corrected chi connectivity index (χ4v) is 2.52. The molecule has 104 valence electrons. The van der Waals surface area contributed by atoms with Crippen LogP contribution in [0, 0.1) is 6.92 Å². The monoisotopic (exact) mass is 269 g/mol. The maximum atomic E-state index is 5.99. The van der Waals surface area contributed by atoms with Crippen molar-refractivity contribution in [1.29, 1.82) is 0 Å². The second kappa shape index (κ2) is 5.55. The third kappa shape index (κ3) is 2.63. The van der Waals surface area contributed by atoms with Crippen LogP contribution < -0.4 is 5.32 Å². The Morgan fingerprint density at radius 3 is 2.85 bits per heavy atom. The highest BCUT2D eigenvalue weighted by Gasteiger charge is 2.16. The third-order valence-corrected chi connectivity index (χ3v) is 3.50. The lowest BCUT2D eigenvalue weighted by atomic mass is 10.1. The molecule has 3 aromatic rings. The summed E-state index contributed by atoms with van der Waals surface area (Å²) < 4.78 is 11.1. The lowest BCUT2D eigenvalue weighted by Crippen LogP contribution is -2.22. The second-order valence-electron chi connectivity index (χ2n) is 5.14. The Labute approximate surface area is 118 Å². The number of hydrogen-bond donors (Lipinski definition) is 1. The van der Waals surface area contributed by atoms with Gasteiger partial charge in [-0.05, 0) is 49.7 Å². The topological polar surface area (TPSA) is 38.3 Å². The Bertz CT molecular complexity index is 682. The van der Waals surface area contributed by atoms with Crippen LogP contribution in [0.2, 0.25) is 0 Å². The first-order valence-electron chi connectivity index (χ1n) is 7.01. The smallest absolute Gasteiger partial charge is 0.134 e. The van der Waals surface area contributed by atoms with E-state index < -0.39 is 0 Å². The zero-order valence-electron chi connectivity index (χ0n) is 11.8. The van der Waals surface area contributed by atoms with Gasteiger partial charge >= 0.3 is 0 Å². The lowest BCUT2D eigenvalue weighted by molar-refractivity contribution is 0.433. The summed E-state index contributed by atoms with van der Waals surface area (Å²) in [7, 11) is 0. The van der Waals surface area contributed by atoms with E-state index in [0.29, 0.717) is 0 Å². The van der Waals surface area contributed by atoms with Crippen molar-refractivity contribution < 1.29 is 8.83 Å². The number of benzene rings is 1. The standard InChI is InChI=1S/C17H19NO2/c1-3-18-15(9-13-6-7-19-11-13)17-10-14-8-12(2)4-5-16(14)20-17/h4-8,10-11,15,18H,3,9H2,1-2H3. The van der Waals surface area contributed by atoms with Gasteiger partial charge in [0.15, 0.2) is 0 Å². The highest BCUT2D eigenvalue weighted by Crippen LogP contribution is 2.27. The predicted molar refractivity (Wildman–Crippen MR) is 79.8 cm³/mol. The summed E-state index contributed by atoms with van der Waals surface area (Å²) in [4.78, 5) is 0. The van der Waals surface area contributed by atoms with Crippen LogP contribution in [0.1, 0.15) is 29.9 Å². The first-order chi connectivity index (χ1) is 9.76. The average Bonchev–Trinajstić information content (AvgIpc) is 3.06. The van der Waals surface area contributed by atoms with Crippen LogP contribution in [0.15, 0.2) is 51.7 Å². The van der Waals surface area contributed by atoms with E-state index in [4.69, 9.17) is 8.83 Å². The van der Waals surface area contributed by atoms with E-state index in [0.717, 1.165) is 29.7 Å². The molecule has 1 aromatic carbocycles. The predicted octanol–water partition coefficient (Wildman–Crippen LogP) is 4.23. The molecule has 0 saturated carbocycles. The Balaban J connectivity index is 1.92. The largest absolute Gasteiger partial charge is 0.472 e. The molecule has 20 heavy (non-hydrogen) atoms. The Morgan fingerprint density at radius 2 is 2.10 bits per heavy atom. The Morgan fingerprint density at radius 1 is 1.20 bits per heavy atom. The van der Waals surface area contributed by atoms with Crippen molar-refractivity contribution in [3.8, 4) is 0 Å². The molecule has 0 bridgehead atoms. The molecule has 0 aliphatic heterocycles. The fraction of sp³-hybridized carbons (Fsp3) is 0.294. The van der Waals surface area contributed by atoms with E-state index in [9.17, 15) is 0 Å². The molecule has 3 nitrogen and oxygen atoms in total. The van der Waals surface area contributed by atoms with E-state index in [1.165, 1.54) is 11.1 Å². The first kappa shape index (κ1) is 13.0. The van der Waals surface area contributed by atoms with Crippen molar-refractivity contribution in [3.05, 3.63) is 59.7 Å². The highest BCUT2D eigenvalue weighted by atomic mass is 16.3. The van der Waals surface area contributed by atoms with E-state index in [1.54, 1.807) is 12.5 Å². The number of aryl methyl sites for hydroxylation is 1. The molecular formula is C17H19NO2. The Kier molecular flexibility index (Phi) is 3.61. The molecule has 0 aliphatic rings. The molecule has 2 aromatic heterocycles.